The minimum atomic E-state index is -4.65. The van der Waals surface area contributed by atoms with E-state index >= 15 is 0 Å². The molecule has 3 amide bonds. The zero-order valence-electron chi connectivity index (χ0n) is 28.8. The third kappa shape index (κ3) is 7.14. The van der Waals surface area contributed by atoms with Gasteiger partial charge in [0.2, 0.25) is 11.8 Å². The smallest absolute Gasteiger partial charge is 0.376 e. The standard InChI is InChI=1S/C37H40F6N6O4/c38-28-6-4-23(5-7-28)15-49-16-26(14-45-49)32(51)47-17-27(34(20-47)21-48(22-34)33(52)35(12-13-35)37(41,42)43)19-53-18-25-2-1-3-29(30(25)31(50)46-44)24-8-10-36(39,40)11-9-24/h1-7,14,16,24,27H,8-13,15,17-22,44H2,(H,46,50). The summed E-state index contributed by atoms with van der Waals surface area (Å²) in [5.74, 6) is -0.133. The van der Waals surface area contributed by atoms with Crippen molar-refractivity contribution in [3.05, 3.63) is 88.5 Å². The van der Waals surface area contributed by atoms with Gasteiger partial charge in [-0.25, -0.2) is 19.0 Å². The third-order valence-corrected chi connectivity index (χ3v) is 11.5. The van der Waals surface area contributed by atoms with E-state index in [2.05, 4.69) is 10.5 Å². The summed E-state index contributed by atoms with van der Waals surface area (Å²) in [4.78, 5) is 42.7. The van der Waals surface area contributed by atoms with E-state index in [-0.39, 0.29) is 107 Å². The summed E-state index contributed by atoms with van der Waals surface area (Å²) in [5.41, 5.74) is 1.47. The lowest BCUT2D eigenvalue weighted by molar-refractivity contribution is -0.205. The Morgan fingerprint density at radius 3 is 2.28 bits per heavy atom. The van der Waals surface area contributed by atoms with E-state index in [0.29, 0.717) is 23.2 Å². The first-order valence-corrected chi connectivity index (χ1v) is 17.6. The summed E-state index contributed by atoms with van der Waals surface area (Å²) < 4.78 is 90.4. The van der Waals surface area contributed by atoms with Gasteiger partial charge in [-0.15, -0.1) is 0 Å². The molecule has 284 valence electrons. The minimum absolute atomic E-state index is 0.0218. The maximum atomic E-state index is 13.9. The SMILES string of the molecule is NNC(=O)c1c(COCC2CN(C(=O)c3cnn(Cc4ccc(F)cc4)c3)CC23CN(C(=O)C2(C(F)(F)F)CC2)C3)cccc1C1CCC(F)(F)CC1. The van der Waals surface area contributed by atoms with Crippen molar-refractivity contribution in [2.45, 2.75) is 69.7 Å². The summed E-state index contributed by atoms with van der Waals surface area (Å²) in [6.07, 6.45) is -2.34. The average Bonchev–Trinajstić information content (AvgIpc) is 3.67. The van der Waals surface area contributed by atoms with Gasteiger partial charge in [0.05, 0.1) is 31.5 Å². The highest BCUT2D eigenvalue weighted by molar-refractivity contribution is 5.97. The molecule has 4 aliphatic rings. The first-order valence-electron chi connectivity index (χ1n) is 17.6. The molecule has 2 aliphatic heterocycles. The zero-order valence-corrected chi connectivity index (χ0v) is 28.8. The first-order chi connectivity index (χ1) is 25.1. The Hall–Kier alpha value is -4.44. The molecule has 10 nitrogen and oxygen atoms in total. The molecule has 0 radical (unpaired) electrons. The average molecular weight is 747 g/mol. The van der Waals surface area contributed by atoms with Gasteiger partial charge < -0.3 is 14.5 Å². The number of carbonyl (C=O) groups excluding carboxylic acids is 3. The summed E-state index contributed by atoms with van der Waals surface area (Å²) >= 11 is 0. The van der Waals surface area contributed by atoms with E-state index in [1.54, 1.807) is 46.1 Å². The molecule has 16 heteroatoms. The molecule has 7 rings (SSSR count). The van der Waals surface area contributed by atoms with Gasteiger partial charge in [0.1, 0.15) is 11.2 Å². The number of halogens is 6. The molecule has 2 saturated heterocycles. The molecule has 1 aromatic heterocycles. The van der Waals surface area contributed by atoms with Crippen molar-refractivity contribution in [2.75, 3.05) is 32.8 Å². The normalized spacial score (nSPS) is 21.8. The number of nitrogens with two attached hydrogens (primary N) is 1. The number of hydrazine groups is 1. The lowest BCUT2D eigenvalue weighted by atomic mass is 9.71. The van der Waals surface area contributed by atoms with Gasteiger partial charge in [-0.3, -0.25) is 24.5 Å². The van der Waals surface area contributed by atoms with Gasteiger partial charge in [0, 0.05) is 62.1 Å². The van der Waals surface area contributed by atoms with E-state index < -0.39 is 34.7 Å². The second kappa shape index (κ2) is 13.8. The second-order valence-corrected chi connectivity index (χ2v) is 15.0. The zero-order chi connectivity index (χ0) is 37.8. The number of alkyl halides is 5. The molecule has 3 heterocycles. The summed E-state index contributed by atoms with van der Waals surface area (Å²) in [5, 5.41) is 4.28. The Labute approximate surface area is 301 Å². The van der Waals surface area contributed by atoms with Crippen LogP contribution in [0.15, 0.2) is 54.9 Å². The lowest BCUT2D eigenvalue weighted by Crippen LogP contribution is -2.65. The van der Waals surface area contributed by atoms with Crippen LogP contribution in [-0.4, -0.2) is 82.2 Å². The van der Waals surface area contributed by atoms with Gasteiger partial charge in [-0.1, -0.05) is 30.3 Å². The molecule has 2 aliphatic carbocycles. The van der Waals surface area contributed by atoms with Crippen LogP contribution in [0.3, 0.4) is 0 Å². The van der Waals surface area contributed by atoms with Crippen LogP contribution in [-0.2, 0) is 22.7 Å². The van der Waals surface area contributed by atoms with Crippen molar-refractivity contribution in [1.82, 2.24) is 25.0 Å². The van der Waals surface area contributed by atoms with Gasteiger partial charge in [0.15, 0.2) is 0 Å². The van der Waals surface area contributed by atoms with Crippen molar-refractivity contribution in [2.24, 2.45) is 22.6 Å². The summed E-state index contributed by atoms with van der Waals surface area (Å²) in [6, 6.07) is 11.0. The van der Waals surface area contributed by atoms with Gasteiger partial charge in [-0.05, 0) is 60.4 Å². The minimum Gasteiger partial charge on any atom is -0.376 e. The molecule has 53 heavy (non-hydrogen) atoms. The molecule has 2 saturated carbocycles. The van der Waals surface area contributed by atoms with Crippen LogP contribution in [0.5, 0.6) is 0 Å². The number of benzene rings is 2. The Bertz CT molecular complexity index is 1860. The number of nitrogens with one attached hydrogen (secondary N) is 1. The van der Waals surface area contributed by atoms with Crippen LogP contribution in [0.4, 0.5) is 26.3 Å². The fourth-order valence-electron chi connectivity index (χ4n) is 8.29. The highest BCUT2D eigenvalue weighted by atomic mass is 19.4. The molecular formula is C37H40F6N6O4. The van der Waals surface area contributed by atoms with Gasteiger partial charge in [-0.2, -0.15) is 18.3 Å². The van der Waals surface area contributed by atoms with Crippen molar-refractivity contribution < 1.29 is 45.5 Å². The van der Waals surface area contributed by atoms with E-state index in [4.69, 9.17) is 10.6 Å². The number of nitrogens with zero attached hydrogens (tertiary/aromatic N) is 4. The van der Waals surface area contributed by atoms with E-state index in [1.807, 2.05) is 0 Å². The van der Waals surface area contributed by atoms with Crippen LogP contribution in [0, 0.1) is 22.6 Å². The Morgan fingerprint density at radius 1 is 0.962 bits per heavy atom. The number of amides is 3. The molecule has 1 spiro atoms. The summed E-state index contributed by atoms with van der Waals surface area (Å²) in [6.45, 7) is 0.710. The maximum Gasteiger partial charge on any atom is 0.403 e. The largest absolute Gasteiger partial charge is 0.403 e. The second-order valence-electron chi connectivity index (χ2n) is 15.0. The number of hydrogen-bond acceptors (Lipinski definition) is 6. The van der Waals surface area contributed by atoms with Crippen LogP contribution >= 0.6 is 0 Å². The van der Waals surface area contributed by atoms with Gasteiger partial charge in [0.25, 0.3) is 11.8 Å². The predicted octanol–water partition coefficient (Wildman–Crippen LogP) is 5.43. The lowest BCUT2D eigenvalue weighted by Gasteiger charge is -2.51. The number of ether oxygens (including phenoxy) is 1. The number of likely N-dealkylation sites (tertiary alicyclic amines) is 2. The monoisotopic (exact) mass is 746 g/mol. The molecule has 3 aromatic rings. The van der Waals surface area contributed by atoms with Crippen LogP contribution in [0.25, 0.3) is 0 Å². The Kier molecular flexibility index (Phi) is 9.58. The van der Waals surface area contributed by atoms with E-state index in [0.717, 1.165) is 5.56 Å². The molecule has 4 fully saturated rings. The number of nitrogen functional groups attached to an aromatic ring is 1. The maximum absolute atomic E-state index is 13.9. The molecular weight excluding hydrogens is 706 g/mol. The van der Waals surface area contributed by atoms with E-state index in [9.17, 15) is 40.7 Å². The fraction of sp³-hybridized carbons (Fsp3) is 0.514. The topological polar surface area (TPSA) is 123 Å². The highest BCUT2D eigenvalue weighted by Crippen LogP contribution is 2.60. The molecule has 0 bridgehead atoms. The fourth-order valence-corrected chi connectivity index (χ4v) is 8.29. The van der Waals surface area contributed by atoms with Crippen LogP contribution < -0.4 is 11.3 Å². The van der Waals surface area contributed by atoms with Crippen LogP contribution in [0.2, 0.25) is 0 Å². The summed E-state index contributed by atoms with van der Waals surface area (Å²) in [7, 11) is 0. The van der Waals surface area contributed by atoms with Crippen LogP contribution in [0.1, 0.15) is 81.8 Å². The van der Waals surface area contributed by atoms with Crippen molar-refractivity contribution >= 4 is 17.7 Å². The first kappa shape index (κ1) is 36.9. The number of aromatic nitrogens is 2. The van der Waals surface area contributed by atoms with Gasteiger partial charge >= 0.3 is 6.18 Å². The quantitative estimate of drug-likeness (QED) is 0.124. The molecule has 1 atom stereocenters. The van der Waals surface area contributed by atoms with Crippen molar-refractivity contribution in [3.8, 4) is 0 Å². The number of hydrogen-bond donors (Lipinski definition) is 2. The highest BCUT2D eigenvalue weighted by Gasteiger charge is 2.71. The van der Waals surface area contributed by atoms with Crippen molar-refractivity contribution in [3.63, 3.8) is 0 Å². The number of rotatable bonds is 10. The van der Waals surface area contributed by atoms with Crippen molar-refractivity contribution in [1.29, 1.82) is 0 Å². The molecule has 3 N–H and O–H groups in total. The molecule has 2 aromatic carbocycles. The number of carbonyl (C=O) groups is 3. The predicted molar refractivity (Wildman–Crippen MR) is 178 cm³/mol. The Morgan fingerprint density at radius 2 is 1.64 bits per heavy atom. The Balaban J connectivity index is 1.07. The van der Waals surface area contributed by atoms with E-state index in [1.165, 1.54) is 23.2 Å². The third-order valence-electron chi connectivity index (χ3n) is 11.5. The molecule has 1 unspecified atom stereocenters.